The largest absolute Gasteiger partial charge is 0.345 e. The smallest absolute Gasteiger partial charge is 0.270 e. The monoisotopic (exact) mass is 304 g/mol. The van der Waals surface area contributed by atoms with Gasteiger partial charge in [0.25, 0.3) is 15.0 Å². The number of aromatic nitrogens is 1. The van der Waals surface area contributed by atoms with Gasteiger partial charge in [0, 0.05) is 37.0 Å². The minimum atomic E-state index is -3.80. The lowest BCUT2D eigenvalue weighted by Gasteiger charge is -2.30. The molecule has 1 aromatic rings. The van der Waals surface area contributed by atoms with E-state index in [0.29, 0.717) is 24.7 Å². The Hall–Kier alpha value is -1.01. The molecule has 5 nitrogen and oxygen atoms in total. The van der Waals surface area contributed by atoms with E-state index >= 15 is 0 Å². The average Bonchev–Trinajstić information content (AvgIpc) is 2.71. The maximum atomic E-state index is 12.3. The van der Waals surface area contributed by atoms with Gasteiger partial charge < -0.3 is 9.47 Å². The van der Waals surface area contributed by atoms with Gasteiger partial charge in [0.1, 0.15) is 10.6 Å². The van der Waals surface area contributed by atoms with Crippen molar-refractivity contribution < 1.29 is 13.2 Å². The molecule has 0 aliphatic carbocycles. The number of carbonyl (C=O) groups excluding carboxylic acids is 1. The molecule has 0 radical (unpaired) electrons. The molecule has 0 saturated carbocycles. The second kappa shape index (κ2) is 5.17. The molecule has 1 fully saturated rings. The maximum absolute atomic E-state index is 12.3. The molecule has 1 amide bonds. The number of likely N-dealkylation sites (tertiary alicyclic amines) is 1. The summed E-state index contributed by atoms with van der Waals surface area (Å²) in [6.45, 7) is 3.60. The molecule has 2 heterocycles. The van der Waals surface area contributed by atoms with Crippen LogP contribution in [-0.4, -0.2) is 36.9 Å². The van der Waals surface area contributed by atoms with Gasteiger partial charge in [-0.15, -0.1) is 0 Å². The predicted octanol–water partition coefficient (Wildman–Crippen LogP) is 1.82. The third-order valence-electron chi connectivity index (χ3n) is 3.55. The number of carbonyl (C=O) groups is 1. The molecule has 0 spiro atoms. The zero-order chi connectivity index (χ0) is 14.2. The van der Waals surface area contributed by atoms with Crippen LogP contribution in [-0.2, 0) is 16.1 Å². The van der Waals surface area contributed by atoms with E-state index < -0.39 is 9.05 Å². The Balaban J connectivity index is 2.22. The number of piperidine rings is 1. The molecule has 0 bridgehead atoms. The molecule has 106 valence electrons. The van der Waals surface area contributed by atoms with Crippen molar-refractivity contribution in [2.45, 2.75) is 24.7 Å². The molecule has 1 saturated heterocycles. The van der Waals surface area contributed by atoms with Gasteiger partial charge in [0.2, 0.25) is 0 Å². The van der Waals surface area contributed by atoms with Gasteiger partial charge in [-0.2, -0.15) is 0 Å². The van der Waals surface area contributed by atoms with E-state index in [-0.39, 0.29) is 10.8 Å². The normalized spacial score (nSPS) is 17.7. The number of hydrogen-bond donors (Lipinski definition) is 0. The Bertz CT molecular complexity index is 586. The van der Waals surface area contributed by atoms with E-state index in [1.54, 1.807) is 11.9 Å². The van der Waals surface area contributed by atoms with Crippen molar-refractivity contribution in [2.24, 2.45) is 13.0 Å². The highest BCUT2D eigenvalue weighted by molar-refractivity contribution is 8.13. The van der Waals surface area contributed by atoms with Crippen LogP contribution in [0, 0.1) is 5.92 Å². The van der Waals surface area contributed by atoms with Crippen LogP contribution in [0.5, 0.6) is 0 Å². The van der Waals surface area contributed by atoms with Gasteiger partial charge in [0.05, 0.1) is 0 Å². The Morgan fingerprint density at radius 1 is 1.37 bits per heavy atom. The van der Waals surface area contributed by atoms with Crippen LogP contribution in [0.25, 0.3) is 0 Å². The van der Waals surface area contributed by atoms with Gasteiger partial charge >= 0.3 is 0 Å². The number of nitrogens with zero attached hydrogens (tertiary/aromatic N) is 2. The van der Waals surface area contributed by atoms with Crippen LogP contribution in [0.1, 0.15) is 30.3 Å². The molecular formula is C12H17ClN2O3S. The fraction of sp³-hybridized carbons (Fsp3) is 0.583. The van der Waals surface area contributed by atoms with Crippen LogP contribution >= 0.6 is 10.7 Å². The lowest BCUT2D eigenvalue weighted by atomic mass is 9.99. The first-order chi connectivity index (χ1) is 8.79. The van der Waals surface area contributed by atoms with Crippen molar-refractivity contribution in [3.8, 4) is 0 Å². The summed E-state index contributed by atoms with van der Waals surface area (Å²) in [7, 11) is 3.13. The predicted molar refractivity (Wildman–Crippen MR) is 72.8 cm³/mol. The maximum Gasteiger partial charge on any atom is 0.270 e. The van der Waals surface area contributed by atoms with Gasteiger partial charge in [-0.05, 0) is 24.8 Å². The summed E-state index contributed by atoms with van der Waals surface area (Å²) in [6, 6.07) is 1.34. The van der Waals surface area contributed by atoms with E-state index in [1.165, 1.54) is 16.8 Å². The van der Waals surface area contributed by atoms with Crippen LogP contribution in [0.3, 0.4) is 0 Å². The third kappa shape index (κ3) is 3.12. The summed E-state index contributed by atoms with van der Waals surface area (Å²) in [4.78, 5) is 14.1. The molecule has 0 N–H and O–H groups in total. The first-order valence-electron chi connectivity index (χ1n) is 6.19. The minimum Gasteiger partial charge on any atom is -0.345 e. The molecule has 2 rings (SSSR count). The summed E-state index contributed by atoms with van der Waals surface area (Å²) in [5, 5.41) is 0. The Morgan fingerprint density at radius 3 is 2.42 bits per heavy atom. The Labute approximate surface area is 117 Å². The van der Waals surface area contributed by atoms with Crippen LogP contribution < -0.4 is 0 Å². The molecule has 1 aromatic heterocycles. The average molecular weight is 305 g/mol. The molecule has 1 aliphatic rings. The van der Waals surface area contributed by atoms with Crippen molar-refractivity contribution in [3.05, 3.63) is 18.0 Å². The zero-order valence-electron chi connectivity index (χ0n) is 11.0. The van der Waals surface area contributed by atoms with Gasteiger partial charge in [-0.1, -0.05) is 6.92 Å². The fourth-order valence-electron chi connectivity index (χ4n) is 2.25. The van der Waals surface area contributed by atoms with Gasteiger partial charge in [0.15, 0.2) is 0 Å². The van der Waals surface area contributed by atoms with E-state index in [2.05, 4.69) is 6.92 Å². The number of amides is 1. The molecular weight excluding hydrogens is 288 g/mol. The van der Waals surface area contributed by atoms with E-state index in [1.807, 2.05) is 0 Å². The molecule has 19 heavy (non-hydrogen) atoms. The highest BCUT2D eigenvalue weighted by atomic mass is 35.7. The van der Waals surface area contributed by atoms with Crippen molar-refractivity contribution >= 4 is 25.6 Å². The topological polar surface area (TPSA) is 59.4 Å². The van der Waals surface area contributed by atoms with Crippen LogP contribution in [0.4, 0.5) is 0 Å². The SMILES string of the molecule is CC1CCN(C(=O)c2cc(S(=O)(=O)Cl)cn2C)CC1. The summed E-state index contributed by atoms with van der Waals surface area (Å²) in [5.74, 6) is 0.497. The molecule has 0 unspecified atom stereocenters. The quantitative estimate of drug-likeness (QED) is 0.783. The van der Waals surface area contributed by atoms with Crippen molar-refractivity contribution in [1.82, 2.24) is 9.47 Å². The van der Waals surface area contributed by atoms with Crippen LogP contribution in [0.2, 0.25) is 0 Å². The minimum absolute atomic E-state index is 0.0367. The van der Waals surface area contributed by atoms with Crippen LogP contribution in [0.15, 0.2) is 17.2 Å². The highest BCUT2D eigenvalue weighted by Crippen LogP contribution is 2.21. The first-order valence-corrected chi connectivity index (χ1v) is 8.50. The van der Waals surface area contributed by atoms with E-state index in [9.17, 15) is 13.2 Å². The summed E-state index contributed by atoms with van der Waals surface area (Å²) in [6.07, 6.45) is 3.33. The number of aryl methyl sites for hydroxylation is 1. The lowest BCUT2D eigenvalue weighted by molar-refractivity contribution is 0.0687. The standard InChI is InChI=1S/C12H17ClN2O3S/c1-9-3-5-15(6-4-9)12(16)11-7-10(8-14(11)2)19(13,17)18/h7-9H,3-6H2,1-2H3. The summed E-state index contributed by atoms with van der Waals surface area (Å²) >= 11 is 0. The third-order valence-corrected chi connectivity index (χ3v) is 4.87. The van der Waals surface area contributed by atoms with E-state index in [0.717, 1.165) is 12.8 Å². The summed E-state index contributed by atoms with van der Waals surface area (Å²) < 4.78 is 24.0. The van der Waals surface area contributed by atoms with Crippen molar-refractivity contribution in [1.29, 1.82) is 0 Å². The fourth-order valence-corrected chi connectivity index (χ4v) is 3.04. The first kappa shape index (κ1) is 14.4. The Morgan fingerprint density at radius 2 is 1.95 bits per heavy atom. The number of rotatable bonds is 2. The van der Waals surface area contributed by atoms with Gasteiger partial charge in [-0.25, -0.2) is 8.42 Å². The molecule has 1 aliphatic heterocycles. The van der Waals surface area contributed by atoms with E-state index in [4.69, 9.17) is 10.7 Å². The Kier molecular flexibility index (Phi) is 3.92. The summed E-state index contributed by atoms with van der Waals surface area (Å²) in [5.41, 5.74) is 0.355. The van der Waals surface area contributed by atoms with Crippen molar-refractivity contribution in [2.75, 3.05) is 13.1 Å². The second-order valence-electron chi connectivity index (χ2n) is 5.08. The van der Waals surface area contributed by atoms with Gasteiger partial charge in [-0.3, -0.25) is 4.79 Å². The molecule has 0 aromatic carbocycles. The van der Waals surface area contributed by atoms with Crippen molar-refractivity contribution in [3.63, 3.8) is 0 Å². The zero-order valence-corrected chi connectivity index (χ0v) is 12.5. The number of hydrogen-bond acceptors (Lipinski definition) is 3. The lowest BCUT2D eigenvalue weighted by Crippen LogP contribution is -2.38. The number of halogens is 1. The second-order valence-corrected chi connectivity index (χ2v) is 7.65. The highest BCUT2D eigenvalue weighted by Gasteiger charge is 2.25. The molecule has 7 heteroatoms. The molecule has 0 atom stereocenters.